The van der Waals surface area contributed by atoms with Crippen LogP contribution in [0.2, 0.25) is 10.0 Å². The molecule has 2 heterocycles. The molecular weight excluding hydrogens is 601 g/mol. The second-order valence-corrected chi connectivity index (χ2v) is 11.9. The Morgan fingerprint density at radius 3 is 2.45 bits per heavy atom. The van der Waals surface area contributed by atoms with Crippen molar-refractivity contribution in [2.75, 3.05) is 58.8 Å². The molecule has 8 nitrogen and oxygen atoms in total. The first-order valence-corrected chi connectivity index (χ1v) is 15.7. The summed E-state index contributed by atoms with van der Waals surface area (Å²) in [5.41, 5.74) is 10.8. The molecule has 2 aliphatic heterocycles. The number of unbranched alkanes of at least 4 members (excludes halogenated alkanes) is 1. The van der Waals surface area contributed by atoms with E-state index in [0.29, 0.717) is 52.6 Å². The third kappa shape index (κ3) is 7.80. The van der Waals surface area contributed by atoms with Crippen LogP contribution in [0, 0.1) is 0 Å². The van der Waals surface area contributed by atoms with Crippen LogP contribution in [0.25, 0.3) is 5.57 Å². The first-order chi connectivity index (χ1) is 21.3. The summed E-state index contributed by atoms with van der Waals surface area (Å²) in [6.45, 7) is 7.65. The first-order valence-electron chi connectivity index (χ1n) is 14.9. The highest BCUT2D eigenvalue weighted by Crippen LogP contribution is 2.43. The van der Waals surface area contributed by atoms with Gasteiger partial charge in [-0.2, -0.15) is 0 Å². The smallest absolute Gasteiger partial charge is 0.416 e. The maximum absolute atomic E-state index is 13.6. The maximum Gasteiger partial charge on any atom is 0.416 e. The van der Waals surface area contributed by atoms with Crippen molar-refractivity contribution >= 4 is 40.6 Å². The van der Waals surface area contributed by atoms with Gasteiger partial charge in [0.2, 0.25) is 0 Å². The molecule has 1 saturated heterocycles. The number of halogens is 2. The zero-order valence-corrected chi connectivity index (χ0v) is 26.7. The second-order valence-electron chi connectivity index (χ2n) is 11.0. The number of amides is 1. The van der Waals surface area contributed by atoms with Gasteiger partial charge in [-0.3, -0.25) is 9.80 Å². The number of rotatable bonds is 10. The van der Waals surface area contributed by atoms with Crippen LogP contribution < -0.4 is 19.9 Å². The number of carbonyl (C=O) groups is 1. The van der Waals surface area contributed by atoms with Gasteiger partial charge in [0.15, 0.2) is 11.5 Å². The molecular formula is C34H39Cl2N3O5. The molecule has 0 spiro atoms. The van der Waals surface area contributed by atoms with E-state index in [9.17, 15) is 4.79 Å². The van der Waals surface area contributed by atoms with Crippen LogP contribution in [0.15, 0.2) is 66.2 Å². The van der Waals surface area contributed by atoms with Crippen LogP contribution in [0.1, 0.15) is 43.4 Å². The van der Waals surface area contributed by atoms with E-state index in [1.807, 2.05) is 37.3 Å². The summed E-state index contributed by atoms with van der Waals surface area (Å²) in [7, 11) is 1.62. The number of benzene rings is 3. The molecule has 0 radical (unpaired) electrons. The molecule has 234 valence electrons. The molecule has 44 heavy (non-hydrogen) atoms. The average molecular weight is 641 g/mol. The van der Waals surface area contributed by atoms with Gasteiger partial charge in [-0.15, -0.1) is 0 Å². The van der Waals surface area contributed by atoms with E-state index in [-0.39, 0.29) is 0 Å². The molecule has 10 heteroatoms. The molecule has 0 saturated carbocycles. The molecule has 3 aromatic carbocycles. The number of anilines is 1. The van der Waals surface area contributed by atoms with Gasteiger partial charge < -0.3 is 24.7 Å². The lowest BCUT2D eigenvalue weighted by atomic mass is 9.85. The summed E-state index contributed by atoms with van der Waals surface area (Å²) in [6, 6.07) is 17.6. The Hall–Kier alpha value is -3.43. The van der Waals surface area contributed by atoms with Crippen LogP contribution in [0.5, 0.6) is 17.2 Å². The summed E-state index contributed by atoms with van der Waals surface area (Å²) in [4.78, 5) is 17.8. The lowest BCUT2D eigenvalue weighted by molar-refractivity contribution is 0.0368. The van der Waals surface area contributed by atoms with Gasteiger partial charge in [0.05, 0.1) is 33.0 Å². The fourth-order valence-corrected chi connectivity index (χ4v) is 6.10. The van der Waals surface area contributed by atoms with Crippen molar-refractivity contribution in [3.63, 3.8) is 0 Å². The summed E-state index contributed by atoms with van der Waals surface area (Å²) in [6.07, 6.45) is 2.11. The minimum atomic E-state index is -0.464. The number of hydrogen-bond acceptors (Lipinski definition) is 7. The monoisotopic (exact) mass is 639 g/mol. The van der Waals surface area contributed by atoms with Crippen molar-refractivity contribution in [2.24, 2.45) is 0 Å². The van der Waals surface area contributed by atoms with E-state index in [0.717, 1.165) is 68.0 Å². The zero-order chi connectivity index (χ0) is 31.1. The molecule has 5 rings (SSSR count). The minimum absolute atomic E-state index is 0.416. The van der Waals surface area contributed by atoms with Crippen molar-refractivity contribution in [2.45, 2.75) is 32.2 Å². The van der Waals surface area contributed by atoms with Crippen LogP contribution in [-0.4, -0.2) is 69.0 Å². The highest BCUT2D eigenvalue weighted by atomic mass is 35.5. The summed E-state index contributed by atoms with van der Waals surface area (Å²) >= 11 is 12.4. The SMILES string of the molecule is COc1cc(C2C(C)=C(c3cc(Cl)ccc3N)CCN2C(=O)Oc2ccc(Cl)cc2)ccc1OCCCCN1CCOCC1. The summed E-state index contributed by atoms with van der Waals surface area (Å²) in [5.74, 6) is 1.68. The number of ether oxygens (including phenoxy) is 4. The molecule has 1 amide bonds. The number of nitrogen functional groups attached to an aromatic ring is 1. The van der Waals surface area contributed by atoms with Gasteiger partial charge in [0.25, 0.3) is 0 Å². The third-order valence-electron chi connectivity index (χ3n) is 8.13. The minimum Gasteiger partial charge on any atom is -0.493 e. The maximum atomic E-state index is 13.6. The van der Waals surface area contributed by atoms with E-state index >= 15 is 0 Å². The first kappa shape index (κ1) is 32.0. The number of methoxy groups -OCH3 is 1. The van der Waals surface area contributed by atoms with Gasteiger partial charge in [-0.05, 0) is 104 Å². The largest absolute Gasteiger partial charge is 0.493 e. The lowest BCUT2D eigenvalue weighted by Gasteiger charge is -2.38. The topological polar surface area (TPSA) is 86.5 Å². The summed E-state index contributed by atoms with van der Waals surface area (Å²) < 4.78 is 23.1. The fourth-order valence-electron chi connectivity index (χ4n) is 5.80. The molecule has 2 aliphatic rings. The second kappa shape index (κ2) is 15.0. The van der Waals surface area contributed by atoms with E-state index in [2.05, 4.69) is 4.90 Å². The number of morpholine rings is 1. The van der Waals surface area contributed by atoms with Crippen LogP contribution in [0.4, 0.5) is 10.5 Å². The third-order valence-corrected chi connectivity index (χ3v) is 8.61. The van der Waals surface area contributed by atoms with Crippen molar-refractivity contribution in [3.05, 3.63) is 87.4 Å². The highest BCUT2D eigenvalue weighted by molar-refractivity contribution is 6.31. The van der Waals surface area contributed by atoms with E-state index in [1.165, 1.54) is 0 Å². The fraction of sp³-hybridized carbons (Fsp3) is 0.382. The molecule has 0 bridgehead atoms. The molecule has 2 N–H and O–H groups in total. The molecule has 1 atom stereocenters. The van der Waals surface area contributed by atoms with E-state index in [1.54, 1.807) is 42.3 Å². The Morgan fingerprint density at radius 2 is 1.70 bits per heavy atom. The molecule has 0 aromatic heterocycles. The highest BCUT2D eigenvalue weighted by Gasteiger charge is 2.34. The summed E-state index contributed by atoms with van der Waals surface area (Å²) in [5, 5.41) is 1.17. The predicted octanol–water partition coefficient (Wildman–Crippen LogP) is 7.49. The van der Waals surface area contributed by atoms with Crippen LogP contribution >= 0.6 is 23.2 Å². The molecule has 1 unspecified atom stereocenters. The average Bonchev–Trinajstić information content (AvgIpc) is 3.03. The Balaban J connectivity index is 1.38. The van der Waals surface area contributed by atoms with E-state index in [4.69, 9.17) is 47.9 Å². The number of nitrogens with zero attached hydrogens (tertiary/aromatic N) is 2. The van der Waals surface area contributed by atoms with Gasteiger partial charge in [-0.25, -0.2) is 4.79 Å². The normalized spacial score (nSPS) is 17.5. The number of carbonyl (C=O) groups excluding carboxylic acids is 1. The van der Waals surface area contributed by atoms with Crippen LogP contribution in [-0.2, 0) is 4.74 Å². The molecule has 3 aromatic rings. The number of nitrogens with two attached hydrogens (primary N) is 1. The van der Waals surface area contributed by atoms with Gasteiger partial charge in [0.1, 0.15) is 5.75 Å². The molecule has 1 fully saturated rings. The predicted molar refractivity (Wildman–Crippen MR) is 175 cm³/mol. The Labute approximate surface area is 269 Å². The van der Waals surface area contributed by atoms with Crippen molar-refractivity contribution < 1.29 is 23.7 Å². The standard InChI is InChI=1S/C34H39Cl2N3O5/c1-23-28(29-22-26(36)8-11-30(29)37)13-15-39(34(40)44-27-9-6-25(35)7-10-27)33(23)24-5-12-31(32(21-24)41-2)43-18-4-3-14-38-16-19-42-20-17-38/h5-12,21-22,33H,3-4,13-20,37H2,1-2H3. The molecule has 0 aliphatic carbocycles. The van der Waals surface area contributed by atoms with Gasteiger partial charge >= 0.3 is 6.09 Å². The van der Waals surface area contributed by atoms with Gasteiger partial charge in [-0.1, -0.05) is 29.3 Å². The van der Waals surface area contributed by atoms with E-state index < -0.39 is 12.1 Å². The Kier molecular flexibility index (Phi) is 10.9. The van der Waals surface area contributed by atoms with Crippen LogP contribution in [0.3, 0.4) is 0 Å². The van der Waals surface area contributed by atoms with Crippen molar-refractivity contribution in [1.82, 2.24) is 9.80 Å². The zero-order valence-electron chi connectivity index (χ0n) is 25.2. The Morgan fingerprint density at radius 1 is 0.955 bits per heavy atom. The van der Waals surface area contributed by atoms with Crippen molar-refractivity contribution in [1.29, 1.82) is 0 Å². The lowest BCUT2D eigenvalue weighted by Crippen LogP contribution is -2.41. The number of hydrogen-bond donors (Lipinski definition) is 1. The quantitative estimate of drug-likeness (QED) is 0.182. The Bertz CT molecular complexity index is 1470. The van der Waals surface area contributed by atoms with Crippen molar-refractivity contribution in [3.8, 4) is 17.2 Å². The van der Waals surface area contributed by atoms with Gasteiger partial charge in [0, 0.05) is 40.9 Å².